The van der Waals surface area contributed by atoms with E-state index in [1.54, 1.807) is 12.1 Å². The molecule has 0 atom stereocenters. The molecule has 0 aromatic heterocycles. The number of amides is 3. The highest BCUT2D eigenvalue weighted by Crippen LogP contribution is 2.42. The molecule has 0 aliphatic carbocycles. The van der Waals surface area contributed by atoms with Crippen LogP contribution in [0.3, 0.4) is 0 Å². The number of nitrogens with zero attached hydrogens (tertiary/aromatic N) is 1. The minimum absolute atomic E-state index is 0.108. The molecule has 11 heteroatoms. The lowest BCUT2D eigenvalue weighted by atomic mass is 10.1. The minimum Gasteiger partial charge on any atom is -0.454 e. The van der Waals surface area contributed by atoms with Crippen molar-refractivity contribution < 1.29 is 42.2 Å². The van der Waals surface area contributed by atoms with Crippen LogP contribution in [-0.4, -0.2) is 48.0 Å². The van der Waals surface area contributed by atoms with Crippen molar-refractivity contribution in [2.75, 3.05) is 18.5 Å². The first-order valence-corrected chi connectivity index (χ1v) is 8.54. The second-order valence-corrected chi connectivity index (χ2v) is 6.28. The third kappa shape index (κ3) is 3.64. The second-order valence-electron chi connectivity index (χ2n) is 6.28. The van der Waals surface area contributed by atoms with Crippen LogP contribution in [0.5, 0.6) is 11.5 Å². The van der Waals surface area contributed by atoms with Gasteiger partial charge in [0.25, 0.3) is 17.7 Å². The lowest BCUT2D eigenvalue weighted by Gasteiger charge is -2.13. The van der Waals surface area contributed by atoms with Gasteiger partial charge in [0.2, 0.25) is 0 Å². The zero-order valence-electron chi connectivity index (χ0n) is 15.0. The number of hydrogen-bond donors (Lipinski definition) is 1. The van der Waals surface area contributed by atoms with Crippen LogP contribution < -0.4 is 14.8 Å². The van der Waals surface area contributed by atoms with Crippen molar-refractivity contribution in [3.05, 3.63) is 53.6 Å². The third-order valence-corrected chi connectivity index (χ3v) is 4.21. The number of esters is 1. The monoisotopic (exact) mass is 418 g/mol. The average Bonchev–Trinajstić information content (AvgIpc) is 3.13. The van der Waals surface area contributed by atoms with Gasteiger partial charge in [-0.2, -0.15) is 0 Å². The molecule has 4 rings (SSSR count). The highest BCUT2D eigenvalue weighted by molar-refractivity contribution is 6.22. The molecule has 2 aromatic carbocycles. The average molecular weight is 418 g/mol. The Kier molecular flexibility index (Phi) is 4.57. The van der Waals surface area contributed by atoms with E-state index in [1.807, 2.05) is 0 Å². The van der Waals surface area contributed by atoms with Crippen LogP contribution in [0.25, 0.3) is 0 Å². The Morgan fingerprint density at radius 2 is 1.63 bits per heavy atom. The minimum atomic E-state index is -3.79. The maximum Gasteiger partial charge on any atom is 0.586 e. The molecule has 2 aromatic rings. The van der Waals surface area contributed by atoms with Gasteiger partial charge in [0.05, 0.1) is 11.1 Å². The van der Waals surface area contributed by atoms with Gasteiger partial charge in [-0.15, -0.1) is 8.78 Å². The molecule has 1 N–H and O–H groups in total. The Morgan fingerprint density at radius 1 is 1.00 bits per heavy atom. The highest BCUT2D eigenvalue weighted by atomic mass is 19.3. The Labute approximate surface area is 167 Å². The largest absolute Gasteiger partial charge is 0.586 e. The first kappa shape index (κ1) is 19.3. The molecule has 3 amide bonds. The molecule has 0 spiro atoms. The predicted octanol–water partition coefficient (Wildman–Crippen LogP) is 1.79. The number of ether oxygens (including phenoxy) is 3. The van der Waals surface area contributed by atoms with E-state index in [-0.39, 0.29) is 28.3 Å². The molecule has 0 unspecified atom stereocenters. The lowest BCUT2D eigenvalue weighted by Crippen LogP contribution is -2.36. The number of hydrogen-bond acceptors (Lipinski definition) is 7. The van der Waals surface area contributed by atoms with Crippen LogP contribution in [0.4, 0.5) is 14.5 Å². The molecule has 2 aliphatic rings. The molecular weight excluding hydrogens is 406 g/mol. The van der Waals surface area contributed by atoms with Crippen molar-refractivity contribution in [1.29, 1.82) is 0 Å². The van der Waals surface area contributed by atoms with E-state index in [9.17, 15) is 28.0 Å². The molecule has 0 bridgehead atoms. The van der Waals surface area contributed by atoms with Crippen LogP contribution in [0.2, 0.25) is 0 Å². The van der Waals surface area contributed by atoms with Crippen LogP contribution in [-0.2, 0) is 14.3 Å². The number of imide groups is 1. The van der Waals surface area contributed by atoms with Crippen molar-refractivity contribution in [3.8, 4) is 11.5 Å². The molecule has 9 nitrogen and oxygen atoms in total. The van der Waals surface area contributed by atoms with Crippen molar-refractivity contribution in [2.45, 2.75) is 6.29 Å². The van der Waals surface area contributed by atoms with E-state index in [4.69, 9.17) is 4.74 Å². The quantitative estimate of drug-likeness (QED) is 0.582. The van der Waals surface area contributed by atoms with Crippen molar-refractivity contribution in [3.63, 3.8) is 0 Å². The van der Waals surface area contributed by atoms with Crippen LogP contribution in [0.1, 0.15) is 20.7 Å². The van der Waals surface area contributed by atoms with E-state index < -0.39 is 43.1 Å². The van der Waals surface area contributed by atoms with Crippen LogP contribution >= 0.6 is 0 Å². The Morgan fingerprint density at radius 3 is 2.30 bits per heavy atom. The highest BCUT2D eigenvalue weighted by Gasteiger charge is 2.43. The van der Waals surface area contributed by atoms with E-state index in [0.29, 0.717) is 0 Å². The van der Waals surface area contributed by atoms with Gasteiger partial charge in [-0.05, 0) is 24.3 Å². The predicted molar refractivity (Wildman–Crippen MR) is 94.0 cm³/mol. The summed E-state index contributed by atoms with van der Waals surface area (Å²) in [5.41, 5.74) is 0.472. The fourth-order valence-corrected chi connectivity index (χ4v) is 2.93. The molecule has 0 fully saturated rings. The summed E-state index contributed by atoms with van der Waals surface area (Å²) < 4.78 is 39.3. The molecule has 2 heterocycles. The van der Waals surface area contributed by atoms with E-state index in [0.717, 1.165) is 11.0 Å². The first-order chi connectivity index (χ1) is 14.2. The number of anilines is 1. The van der Waals surface area contributed by atoms with Crippen molar-refractivity contribution in [2.24, 2.45) is 0 Å². The smallest absolute Gasteiger partial charge is 0.454 e. The number of halogens is 2. The summed E-state index contributed by atoms with van der Waals surface area (Å²) in [5, 5.41) is 2.34. The number of fused-ring (bicyclic) bond motifs is 2. The number of nitrogens with one attached hydrogen (secondary N) is 1. The number of carbonyl (C=O) groups is 4. The van der Waals surface area contributed by atoms with E-state index >= 15 is 0 Å². The lowest BCUT2D eigenvalue weighted by molar-refractivity contribution is -0.286. The van der Waals surface area contributed by atoms with Gasteiger partial charge in [-0.1, -0.05) is 12.1 Å². The number of carbonyl (C=O) groups excluding carboxylic acids is 4. The summed E-state index contributed by atoms with van der Waals surface area (Å²) in [4.78, 5) is 49.0. The first-order valence-electron chi connectivity index (χ1n) is 8.54. The van der Waals surface area contributed by atoms with Crippen LogP contribution in [0, 0.1) is 0 Å². The van der Waals surface area contributed by atoms with Crippen LogP contribution in [0.15, 0.2) is 42.5 Å². The Balaban J connectivity index is 1.29. The molecule has 2 aliphatic heterocycles. The summed E-state index contributed by atoms with van der Waals surface area (Å²) in [5.74, 6) is -3.45. The molecule has 0 saturated heterocycles. The molecule has 154 valence electrons. The van der Waals surface area contributed by atoms with Crippen molar-refractivity contribution in [1.82, 2.24) is 4.90 Å². The maximum atomic E-state index is 13.0. The summed E-state index contributed by atoms with van der Waals surface area (Å²) in [6, 6.07) is 9.71. The number of benzene rings is 2. The number of rotatable bonds is 5. The van der Waals surface area contributed by atoms with Gasteiger partial charge in [-0.25, -0.2) is 0 Å². The SMILES string of the molecule is O=C(COC(=O)CN1C(=O)c2ccccc2C1=O)Nc1ccc2c(c1)OC(F)(F)O2. The second kappa shape index (κ2) is 7.10. The van der Waals surface area contributed by atoms with Gasteiger partial charge in [0, 0.05) is 11.8 Å². The molecule has 0 saturated carbocycles. The normalized spacial score (nSPS) is 15.7. The Bertz CT molecular complexity index is 1050. The van der Waals surface area contributed by atoms with E-state index in [2.05, 4.69) is 14.8 Å². The van der Waals surface area contributed by atoms with Gasteiger partial charge in [0.15, 0.2) is 18.1 Å². The topological polar surface area (TPSA) is 111 Å². The zero-order chi connectivity index (χ0) is 21.5. The molecule has 30 heavy (non-hydrogen) atoms. The van der Waals surface area contributed by atoms with E-state index in [1.165, 1.54) is 24.3 Å². The molecular formula is C19H12F2N2O7. The summed E-state index contributed by atoms with van der Waals surface area (Å²) in [7, 11) is 0. The summed E-state index contributed by atoms with van der Waals surface area (Å²) in [6.45, 7) is -1.37. The fourth-order valence-electron chi connectivity index (χ4n) is 2.93. The maximum absolute atomic E-state index is 13.0. The third-order valence-electron chi connectivity index (χ3n) is 4.21. The van der Waals surface area contributed by atoms with Gasteiger partial charge in [-0.3, -0.25) is 24.1 Å². The fraction of sp³-hybridized carbons (Fsp3) is 0.158. The van der Waals surface area contributed by atoms with Gasteiger partial charge < -0.3 is 19.5 Å². The molecule has 0 radical (unpaired) electrons. The summed E-state index contributed by atoms with van der Waals surface area (Å²) >= 11 is 0. The zero-order valence-corrected chi connectivity index (χ0v) is 15.0. The number of alkyl halides is 2. The summed E-state index contributed by atoms with van der Waals surface area (Å²) in [6.07, 6.45) is -3.79. The standard InChI is InChI=1S/C19H12F2N2O7/c20-19(21)29-13-6-5-10(7-14(13)30-19)22-15(24)9-28-16(25)8-23-17(26)11-3-1-2-4-12(11)18(23)27/h1-7H,8-9H2,(H,22,24). The van der Waals surface area contributed by atoms with Gasteiger partial charge >= 0.3 is 12.3 Å². The Hall–Kier alpha value is -4.02. The van der Waals surface area contributed by atoms with Gasteiger partial charge in [0.1, 0.15) is 6.54 Å². The van der Waals surface area contributed by atoms with Crippen molar-refractivity contribution >= 4 is 29.4 Å².